The fourth-order valence-corrected chi connectivity index (χ4v) is 3.10. The molecule has 0 spiro atoms. The molecule has 25 heavy (non-hydrogen) atoms. The maximum Gasteiger partial charge on any atom is 0.417 e. The topological polar surface area (TPSA) is 29.5 Å². The van der Waals surface area contributed by atoms with Gasteiger partial charge in [-0.25, -0.2) is 0 Å². The first-order chi connectivity index (χ1) is 11.8. The van der Waals surface area contributed by atoms with E-state index in [1.807, 2.05) is 0 Å². The van der Waals surface area contributed by atoms with Crippen molar-refractivity contribution in [3.8, 4) is 5.75 Å². The highest BCUT2D eigenvalue weighted by Crippen LogP contribution is 2.37. The first-order valence-electron chi connectivity index (χ1n) is 7.64. The number of halogens is 4. The molecule has 0 aliphatic carbocycles. The molecule has 1 aliphatic heterocycles. The summed E-state index contributed by atoms with van der Waals surface area (Å²) in [6, 6.07) is 8.85. The number of fused-ring (bicyclic) bond motifs is 1. The minimum Gasteiger partial charge on any atom is -0.489 e. The Balaban J connectivity index is 1.86. The number of amides is 1. The molecule has 2 aromatic rings. The number of hydrogen-bond acceptors (Lipinski definition) is 2. The van der Waals surface area contributed by atoms with Gasteiger partial charge in [-0.15, -0.1) is 0 Å². The number of likely N-dealkylation sites (N-methyl/N-ethyl adjacent to an activating group) is 1. The summed E-state index contributed by atoms with van der Waals surface area (Å²) in [5, 5.41) is -0.365. The highest BCUT2D eigenvalue weighted by Gasteiger charge is 2.34. The van der Waals surface area contributed by atoms with Gasteiger partial charge >= 0.3 is 6.18 Å². The summed E-state index contributed by atoms with van der Waals surface area (Å²) in [7, 11) is 1.72. The van der Waals surface area contributed by atoms with Crippen molar-refractivity contribution in [1.29, 1.82) is 0 Å². The molecule has 2 aromatic carbocycles. The summed E-state index contributed by atoms with van der Waals surface area (Å²) in [6.07, 6.45) is -3.89. The van der Waals surface area contributed by atoms with Crippen LogP contribution in [-0.2, 0) is 19.2 Å². The van der Waals surface area contributed by atoms with E-state index in [9.17, 15) is 18.0 Å². The molecule has 0 saturated heterocycles. The van der Waals surface area contributed by atoms with Crippen molar-refractivity contribution >= 4 is 17.5 Å². The van der Waals surface area contributed by atoms with Crippen LogP contribution in [0.15, 0.2) is 36.4 Å². The smallest absolute Gasteiger partial charge is 0.417 e. The van der Waals surface area contributed by atoms with Crippen LogP contribution in [0, 0.1) is 0 Å². The minimum absolute atomic E-state index is 0.0937. The Morgan fingerprint density at radius 3 is 2.64 bits per heavy atom. The largest absolute Gasteiger partial charge is 0.489 e. The number of alkyl halides is 3. The molecule has 1 heterocycles. The number of hydrogen-bond donors (Lipinski definition) is 0. The van der Waals surface area contributed by atoms with Crippen LogP contribution in [-0.4, -0.2) is 24.4 Å². The third kappa shape index (κ3) is 3.44. The standard InChI is InChI=1S/C18H15ClF3NO2/c1-23-9-8-12-13(17(23)24)5-3-7-15(12)25-10-11-4-2-6-14(16(11)19)18(20,21)22/h2-7H,8-10H2,1H3. The van der Waals surface area contributed by atoms with Gasteiger partial charge in [0.15, 0.2) is 0 Å². The lowest BCUT2D eigenvalue weighted by molar-refractivity contribution is -0.137. The second kappa shape index (κ2) is 6.59. The van der Waals surface area contributed by atoms with E-state index in [0.29, 0.717) is 24.3 Å². The Morgan fingerprint density at radius 2 is 1.92 bits per heavy atom. The maximum absolute atomic E-state index is 12.9. The Kier molecular flexibility index (Phi) is 4.64. The Morgan fingerprint density at radius 1 is 1.20 bits per heavy atom. The lowest BCUT2D eigenvalue weighted by Crippen LogP contribution is -2.34. The summed E-state index contributed by atoms with van der Waals surface area (Å²) in [4.78, 5) is 13.8. The Bertz CT molecular complexity index is 820. The molecule has 3 nitrogen and oxygen atoms in total. The van der Waals surface area contributed by atoms with Crippen LogP contribution in [0.5, 0.6) is 5.75 Å². The van der Waals surface area contributed by atoms with Gasteiger partial charge in [0.05, 0.1) is 10.6 Å². The molecular weight excluding hydrogens is 355 g/mol. The van der Waals surface area contributed by atoms with Crippen molar-refractivity contribution in [2.24, 2.45) is 0 Å². The van der Waals surface area contributed by atoms with Crippen LogP contribution in [0.4, 0.5) is 13.2 Å². The van der Waals surface area contributed by atoms with E-state index < -0.39 is 11.7 Å². The minimum atomic E-state index is -4.52. The van der Waals surface area contributed by atoms with E-state index >= 15 is 0 Å². The summed E-state index contributed by atoms with van der Waals surface area (Å²) >= 11 is 5.88. The van der Waals surface area contributed by atoms with Gasteiger partial charge in [0.1, 0.15) is 12.4 Å². The van der Waals surface area contributed by atoms with E-state index in [1.54, 1.807) is 30.1 Å². The molecule has 1 aliphatic rings. The fourth-order valence-electron chi connectivity index (χ4n) is 2.81. The number of ether oxygens (including phenoxy) is 1. The van der Waals surface area contributed by atoms with Crippen molar-refractivity contribution in [1.82, 2.24) is 4.90 Å². The molecule has 0 atom stereocenters. The van der Waals surface area contributed by atoms with Crippen molar-refractivity contribution in [3.05, 3.63) is 63.7 Å². The predicted molar refractivity (Wildman–Crippen MR) is 87.9 cm³/mol. The lowest BCUT2D eigenvalue weighted by Gasteiger charge is -2.26. The van der Waals surface area contributed by atoms with Crippen LogP contribution < -0.4 is 4.74 Å². The van der Waals surface area contributed by atoms with Gasteiger partial charge in [0, 0.05) is 30.3 Å². The molecule has 0 saturated carbocycles. The van der Waals surface area contributed by atoms with Gasteiger partial charge in [-0.1, -0.05) is 29.8 Å². The molecule has 0 radical (unpaired) electrons. The summed E-state index contributed by atoms with van der Waals surface area (Å²) in [5.41, 5.74) is 0.686. The number of carbonyl (C=O) groups is 1. The molecule has 3 rings (SSSR count). The number of benzene rings is 2. The third-order valence-electron chi connectivity index (χ3n) is 4.17. The maximum atomic E-state index is 12.9. The summed E-state index contributed by atoms with van der Waals surface area (Å²) in [5.74, 6) is 0.399. The SMILES string of the molecule is CN1CCc2c(OCc3cccc(C(F)(F)F)c3Cl)cccc2C1=O. The summed E-state index contributed by atoms with van der Waals surface area (Å²) < 4.78 is 44.5. The van der Waals surface area contributed by atoms with Crippen molar-refractivity contribution in [2.75, 3.05) is 13.6 Å². The lowest BCUT2D eigenvalue weighted by atomic mass is 9.98. The van der Waals surface area contributed by atoms with Crippen molar-refractivity contribution in [2.45, 2.75) is 19.2 Å². The van der Waals surface area contributed by atoms with E-state index in [2.05, 4.69) is 0 Å². The Labute approximate surface area is 148 Å². The molecule has 0 bridgehead atoms. The van der Waals surface area contributed by atoms with Crippen LogP contribution in [0.3, 0.4) is 0 Å². The molecule has 7 heteroatoms. The summed E-state index contributed by atoms with van der Waals surface area (Å²) in [6.45, 7) is 0.458. The van der Waals surface area contributed by atoms with Crippen molar-refractivity contribution < 1.29 is 22.7 Å². The molecule has 0 N–H and O–H groups in total. The first kappa shape index (κ1) is 17.6. The van der Waals surface area contributed by atoms with E-state index in [0.717, 1.165) is 11.6 Å². The molecular formula is C18H15ClF3NO2. The van der Waals surface area contributed by atoms with Gasteiger partial charge in [0.2, 0.25) is 0 Å². The van der Waals surface area contributed by atoms with Gasteiger partial charge < -0.3 is 9.64 Å². The van der Waals surface area contributed by atoms with E-state index in [-0.39, 0.29) is 23.1 Å². The zero-order valence-electron chi connectivity index (χ0n) is 13.4. The van der Waals surface area contributed by atoms with Crippen molar-refractivity contribution in [3.63, 3.8) is 0 Å². The zero-order valence-corrected chi connectivity index (χ0v) is 14.1. The quantitative estimate of drug-likeness (QED) is 0.793. The molecule has 1 amide bonds. The average Bonchev–Trinajstić information content (AvgIpc) is 2.56. The molecule has 132 valence electrons. The highest BCUT2D eigenvalue weighted by atomic mass is 35.5. The first-order valence-corrected chi connectivity index (χ1v) is 8.01. The average molecular weight is 370 g/mol. The number of rotatable bonds is 3. The van der Waals surface area contributed by atoms with Crippen LogP contribution in [0.1, 0.15) is 27.0 Å². The molecule has 0 aromatic heterocycles. The Hall–Kier alpha value is -2.21. The molecule has 0 fully saturated rings. The monoisotopic (exact) mass is 369 g/mol. The van der Waals surface area contributed by atoms with Crippen LogP contribution in [0.25, 0.3) is 0 Å². The number of carbonyl (C=O) groups excluding carboxylic acids is 1. The van der Waals surface area contributed by atoms with Gasteiger partial charge in [0.25, 0.3) is 5.91 Å². The van der Waals surface area contributed by atoms with E-state index in [1.165, 1.54) is 12.1 Å². The number of nitrogens with zero attached hydrogens (tertiary/aromatic N) is 1. The second-order valence-electron chi connectivity index (χ2n) is 5.82. The fraction of sp³-hybridized carbons (Fsp3) is 0.278. The van der Waals surface area contributed by atoms with Gasteiger partial charge in [-0.2, -0.15) is 13.2 Å². The van der Waals surface area contributed by atoms with Gasteiger partial charge in [-0.3, -0.25) is 4.79 Å². The van der Waals surface area contributed by atoms with E-state index in [4.69, 9.17) is 16.3 Å². The predicted octanol–water partition coefficient (Wildman–Crippen LogP) is 4.57. The van der Waals surface area contributed by atoms with Gasteiger partial charge in [-0.05, 0) is 24.6 Å². The van der Waals surface area contributed by atoms with Crippen LogP contribution in [0.2, 0.25) is 5.02 Å². The third-order valence-corrected chi connectivity index (χ3v) is 4.62. The highest BCUT2D eigenvalue weighted by molar-refractivity contribution is 6.32. The molecule has 0 unspecified atom stereocenters. The second-order valence-corrected chi connectivity index (χ2v) is 6.20. The normalized spacial score (nSPS) is 14.4. The zero-order chi connectivity index (χ0) is 18.2. The van der Waals surface area contributed by atoms with Crippen LogP contribution >= 0.6 is 11.6 Å².